The maximum atomic E-state index is 6.19. The second kappa shape index (κ2) is 7.42. The molecule has 0 bridgehead atoms. The zero-order valence-electron chi connectivity index (χ0n) is 18.2. The van der Waals surface area contributed by atoms with Crippen LogP contribution in [0.25, 0.3) is 32.9 Å². The molecule has 0 saturated heterocycles. The van der Waals surface area contributed by atoms with E-state index in [1.165, 1.54) is 10.8 Å². The molecule has 1 aliphatic rings. The SMILES string of the molecule is c1ccc2c(c1)Oc1ccccc1N2c1nc(-c2cccc3ccccc23)c2ccccc2n1. The van der Waals surface area contributed by atoms with Crippen LogP contribution in [-0.2, 0) is 0 Å². The van der Waals surface area contributed by atoms with Crippen molar-refractivity contribution in [3.05, 3.63) is 115 Å². The topological polar surface area (TPSA) is 38.2 Å². The molecule has 0 amide bonds. The molecule has 0 aliphatic carbocycles. The number of fused-ring (bicyclic) bond motifs is 4. The fourth-order valence-corrected chi connectivity index (χ4v) is 4.72. The zero-order valence-corrected chi connectivity index (χ0v) is 18.2. The summed E-state index contributed by atoms with van der Waals surface area (Å²) in [6.07, 6.45) is 0. The van der Waals surface area contributed by atoms with E-state index in [4.69, 9.17) is 14.7 Å². The summed E-state index contributed by atoms with van der Waals surface area (Å²) in [5.74, 6) is 2.18. The van der Waals surface area contributed by atoms with Crippen molar-refractivity contribution < 1.29 is 4.74 Å². The van der Waals surface area contributed by atoms with E-state index in [1.807, 2.05) is 66.7 Å². The molecule has 7 rings (SSSR count). The lowest BCUT2D eigenvalue weighted by Gasteiger charge is -2.31. The first-order valence-corrected chi connectivity index (χ1v) is 11.3. The first-order chi connectivity index (χ1) is 16.9. The Morgan fingerprint density at radius 3 is 1.94 bits per heavy atom. The molecule has 0 fully saturated rings. The van der Waals surface area contributed by atoms with Crippen LogP contribution < -0.4 is 9.64 Å². The normalized spacial score (nSPS) is 12.3. The highest BCUT2D eigenvalue weighted by Gasteiger charge is 2.28. The summed E-state index contributed by atoms with van der Waals surface area (Å²) in [7, 11) is 0. The van der Waals surface area contributed by atoms with Gasteiger partial charge in [0.05, 0.1) is 22.6 Å². The third kappa shape index (κ3) is 2.86. The van der Waals surface area contributed by atoms with Crippen LogP contribution in [0.15, 0.2) is 115 Å². The summed E-state index contributed by atoms with van der Waals surface area (Å²) in [4.78, 5) is 12.3. The number of hydrogen-bond acceptors (Lipinski definition) is 4. The monoisotopic (exact) mass is 437 g/mol. The van der Waals surface area contributed by atoms with Crippen molar-refractivity contribution in [2.24, 2.45) is 0 Å². The van der Waals surface area contributed by atoms with E-state index in [-0.39, 0.29) is 0 Å². The predicted octanol–water partition coefficient (Wildman–Crippen LogP) is 8.03. The van der Waals surface area contributed by atoms with E-state index in [9.17, 15) is 0 Å². The van der Waals surface area contributed by atoms with Gasteiger partial charge in [0.25, 0.3) is 0 Å². The van der Waals surface area contributed by atoms with Crippen LogP contribution in [0, 0.1) is 0 Å². The molecule has 160 valence electrons. The number of hydrogen-bond donors (Lipinski definition) is 0. The largest absolute Gasteiger partial charge is 0.453 e. The van der Waals surface area contributed by atoms with Gasteiger partial charge in [-0.1, -0.05) is 84.9 Å². The number of rotatable bonds is 2. The van der Waals surface area contributed by atoms with Crippen LogP contribution in [0.3, 0.4) is 0 Å². The molecule has 0 saturated carbocycles. The van der Waals surface area contributed by atoms with Crippen molar-refractivity contribution in [3.63, 3.8) is 0 Å². The molecular formula is C30H19N3O. The van der Waals surface area contributed by atoms with Crippen LogP contribution >= 0.6 is 0 Å². The molecule has 2 heterocycles. The third-order valence-electron chi connectivity index (χ3n) is 6.27. The summed E-state index contributed by atoms with van der Waals surface area (Å²) < 4.78 is 6.19. The van der Waals surface area contributed by atoms with Crippen LogP contribution in [-0.4, -0.2) is 9.97 Å². The average molecular weight is 438 g/mol. The Balaban J connectivity index is 1.55. The fourth-order valence-electron chi connectivity index (χ4n) is 4.72. The highest BCUT2D eigenvalue weighted by Crippen LogP contribution is 2.49. The second-order valence-electron chi connectivity index (χ2n) is 8.29. The number of benzene rings is 5. The van der Waals surface area contributed by atoms with Crippen molar-refractivity contribution in [3.8, 4) is 22.8 Å². The molecule has 0 radical (unpaired) electrons. The van der Waals surface area contributed by atoms with Gasteiger partial charge in [0.1, 0.15) is 0 Å². The quantitative estimate of drug-likeness (QED) is 0.274. The minimum atomic E-state index is 0.616. The standard InChI is InChI=1S/C30H19N3O/c1-2-12-21-20(10-1)11-9-14-22(21)29-23-13-3-4-15-24(23)31-30(32-29)33-25-16-5-7-18-27(25)34-28-19-8-6-17-26(28)33/h1-19H. The van der Waals surface area contributed by atoms with Gasteiger partial charge in [0, 0.05) is 10.9 Å². The number of aromatic nitrogens is 2. The maximum absolute atomic E-state index is 6.19. The highest BCUT2D eigenvalue weighted by molar-refractivity contribution is 6.03. The van der Waals surface area contributed by atoms with Gasteiger partial charge in [0.2, 0.25) is 5.95 Å². The zero-order chi connectivity index (χ0) is 22.5. The molecule has 0 unspecified atom stereocenters. The van der Waals surface area contributed by atoms with Crippen molar-refractivity contribution in [1.82, 2.24) is 9.97 Å². The van der Waals surface area contributed by atoms with E-state index in [2.05, 4.69) is 53.4 Å². The van der Waals surface area contributed by atoms with E-state index in [1.54, 1.807) is 0 Å². The van der Waals surface area contributed by atoms with Gasteiger partial charge in [-0.15, -0.1) is 0 Å². The first-order valence-electron chi connectivity index (χ1n) is 11.3. The molecule has 4 heteroatoms. The van der Waals surface area contributed by atoms with Gasteiger partial charge in [-0.2, -0.15) is 0 Å². The Bertz CT molecular complexity index is 1660. The van der Waals surface area contributed by atoms with Gasteiger partial charge < -0.3 is 4.74 Å². The number of ether oxygens (including phenoxy) is 1. The lowest BCUT2D eigenvalue weighted by molar-refractivity contribution is 0.476. The summed E-state index contributed by atoms with van der Waals surface area (Å²) in [5.41, 5.74) is 4.74. The second-order valence-corrected chi connectivity index (χ2v) is 8.29. The van der Waals surface area contributed by atoms with Gasteiger partial charge in [-0.05, 0) is 41.1 Å². The van der Waals surface area contributed by atoms with Crippen molar-refractivity contribution in [2.75, 3.05) is 4.90 Å². The number of anilines is 3. The molecule has 0 spiro atoms. The average Bonchev–Trinajstić information content (AvgIpc) is 2.91. The van der Waals surface area contributed by atoms with E-state index in [0.717, 1.165) is 45.0 Å². The van der Waals surface area contributed by atoms with Crippen LogP contribution in [0.1, 0.15) is 0 Å². The summed E-state index contributed by atoms with van der Waals surface area (Å²) in [6, 6.07) is 39.0. The summed E-state index contributed by atoms with van der Waals surface area (Å²) in [6.45, 7) is 0. The Labute approximate surface area is 196 Å². The van der Waals surface area contributed by atoms with E-state index >= 15 is 0 Å². The Hall–Kier alpha value is -4.70. The van der Waals surface area contributed by atoms with Crippen LogP contribution in [0.2, 0.25) is 0 Å². The lowest BCUT2D eigenvalue weighted by atomic mass is 9.99. The molecule has 0 atom stereocenters. The molecule has 5 aromatic carbocycles. The fraction of sp³-hybridized carbons (Fsp3) is 0. The van der Waals surface area contributed by atoms with E-state index in [0.29, 0.717) is 5.95 Å². The molecule has 6 aromatic rings. The van der Waals surface area contributed by atoms with Gasteiger partial charge >= 0.3 is 0 Å². The summed E-state index contributed by atoms with van der Waals surface area (Å²) >= 11 is 0. The Kier molecular flexibility index (Phi) is 4.11. The molecular weight excluding hydrogens is 418 g/mol. The van der Waals surface area contributed by atoms with Crippen molar-refractivity contribution in [1.29, 1.82) is 0 Å². The minimum Gasteiger partial charge on any atom is -0.453 e. The van der Waals surface area contributed by atoms with Crippen molar-refractivity contribution in [2.45, 2.75) is 0 Å². The smallest absolute Gasteiger partial charge is 0.236 e. The molecule has 1 aliphatic heterocycles. The highest BCUT2D eigenvalue weighted by atomic mass is 16.5. The predicted molar refractivity (Wildman–Crippen MR) is 137 cm³/mol. The number of nitrogens with zero attached hydrogens (tertiary/aromatic N) is 3. The molecule has 0 N–H and O–H groups in total. The van der Waals surface area contributed by atoms with Gasteiger partial charge in [-0.3, -0.25) is 4.90 Å². The van der Waals surface area contributed by atoms with Gasteiger partial charge in [-0.25, -0.2) is 9.97 Å². The maximum Gasteiger partial charge on any atom is 0.236 e. The van der Waals surface area contributed by atoms with Crippen LogP contribution in [0.4, 0.5) is 17.3 Å². The minimum absolute atomic E-state index is 0.616. The summed E-state index contributed by atoms with van der Waals surface area (Å²) in [5, 5.41) is 3.38. The van der Waals surface area contributed by atoms with Crippen molar-refractivity contribution >= 4 is 39.0 Å². The van der Waals surface area contributed by atoms with E-state index < -0.39 is 0 Å². The molecule has 34 heavy (non-hydrogen) atoms. The molecule has 4 nitrogen and oxygen atoms in total. The van der Waals surface area contributed by atoms with Crippen LogP contribution in [0.5, 0.6) is 11.5 Å². The third-order valence-corrected chi connectivity index (χ3v) is 6.27. The Morgan fingerprint density at radius 1 is 0.529 bits per heavy atom. The Morgan fingerprint density at radius 2 is 1.15 bits per heavy atom. The first kappa shape index (κ1) is 18.8. The van der Waals surface area contributed by atoms with Gasteiger partial charge in [0.15, 0.2) is 11.5 Å². The molecule has 1 aromatic heterocycles. The lowest BCUT2D eigenvalue weighted by Crippen LogP contribution is -2.18. The number of para-hydroxylation sites is 5.